The molecule has 7 heteroatoms. The van der Waals surface area contributed by atoms with Crippen LogP contribution in [0.15, 0.2) is 42.5 Å². The zero-order valence-electron chi connectivity index (χ0n) is 18.2. The lowest BCUT2D eigenvalue weighted by Gasteiger charge is -2.07. The van der Waals surface area contributed by atoms with Crippen LogP contribution in [0.2, 0.25) is 10.0 Å². The molecule has 178 valence electrons. The van der Waals surface area contributed by atoms with Gasteiger partial charge in [0, 0.05) is 37.2 Å². The number of carbonyl (C=O) groups excluding carboxylic acids is 1. The number of benzene rings is 2. The summed E-state index contributed by atoms with van der Waals surface area (Å²) in [5.74, 6) is 0.664. The highest BCUT2D eigenvalue weighted by Crippen LogP contribution is 2.22. The summed E-state index contributed by atoms with van der Waals surface area (Å²) in [7, 11) is 0. The first-order valence-corrected chi connectivity index (χ1v) is 15.1. The first-order valence-electron chi connectivity index (χ1n) is 10.9. The zero-order chi connectivity index (χ0) is 23.6. The molecule has 0 aliphatic heterocycles. The Labute approximate surface area is 228 Å². The van der Waals surface area contributed by atoms with Gasteiger partial charge in [0.05, 0.1) is 6.61 Å². The van der Waals surface area contributed by atoms with Gasteiger partial charge in [0.1, 0.15) is 5.75 Å². The van der Waals surface area contributed by atoms with Gasteiger partial charge in [-0.1, -0.05) is 96.7 Å². The number of alkyl halides is 3. The molecule has 2 aromatic rings. The number of rotatable bonds is 14. The van der Waals surface area contributed by atoms with Gasteiger partial charge in [-0.2, -0.15) is 0 Å². The molecule has 32 heavy (non-hydrogen) atoms. The number of ether oxygens (including phenoxy) is 1. The van der Waals surface area contributed by atoms with Gasteiger partial charge in [0.15, 0.2) is 5.78 Å². The van der Waals surface area contributed by atoms with E-state index in [2.05, 4.69) is 47.8 Å². The van der Waals surface area contributed by atoms with E-state index < -0.39 is 0 Å². The fourth-order valence-corrected chi connectivity index (χ4v) is 4.55. The standard InChI is InChI=1S/C19H19BrCl2O2.C6H12Br2/c20-9-3-1-2-4-10-24-18-7-5-14(6-8-18)19(23)15-11-16(21)13-17(22)12-15;7-5-3-1-2-4-6-8/h5-8,11-13H,1-4,9-10H2;1-6H2. The molecule has 0 aliphatic carbocycles. The predicted molar refractivity (Wildman–Crippen MR) is 150 cm³/mol. The van der Waals surface area contributed by atoms with Gasteiger partial charge in [-0.05, 0) is 68.1 Å². The van der Waals surface area contributed by atoms with Crippen molar-refractivity contribution < 1.29 is 9.53 Å². The van der Waals surface area contributed by atoms with Crippen LogP contribution in [-0.2, 0) is 0 Å². The molecule has 0 bridgehead atoms. The van der Waals surface area contributed by atoms with Crippen molar-refractivity contribution >= 4 is 76.8 Å². The topological polar surface area (TPSA) is 26.3 Å². The smallest absolute Gasteiger partial charge is 0.193 e. The summed E-state index contributed by atoms with van der Waals surface area (Å²) in [5.41, 5.74) is 1.06. The van der Waals surface area contributed by atoms with Crippen molar-refractivity contribution in [3.8, 4) is 5.75 Å². The molecule has 0 aliphatic rings. The van der Waals surface area contributed by atoms with Crippen molar-refractivity contribution in [2.45, 2.75) is 51.4 Å². The molecule has 0 fully saturated rings. The number of hydrogen-bond donors (Lipinski definition) is 0. The van der Waals surface area contributed by atoms with E-state index in [0.29, 0.717) is 27.8 Å². The molecule has 0 aromatic heterocycles. The van der Waals surface area contributed by atoms with Crippen molar-refractivity contribution in [3.63, 3.8) is 0 Å². The molecule has 0 radical (unpaired) electrons. The molecule has 2 rings (SSSR count). The monoisotopic (exact) mass is 670 g/mol. The zero-order valence-corrected chi connectivity index (χ0v) is 24.5. The van der Waals surface area contributed by atoms with Crippen LogP contribution in [0.1, 0.15) is 67.3 Å². The third kappa shape index (κ3) is 13.6. The third-order valence-electron chi connectivity index (χ3n) is 4.56. The van der Waals surface area contributed by atoms with Gasteiger partial charge in [0.2, 0.25) is 0 Å². The Balaban J connectivity index is 0.000000547. The van der Waals surface area contributed by atoms with Crippen LogP contribution in [0.25, 0.3) is 0 Å². The molecule has 0 saturated heterocycles. The summed E-state index contributed by atoms with van der Waals surface area (Å²) in [6, 6.07) is 12.0. The lowest BCUT2D eigenvalue weighted by Crippen LogP contribution is -2.02. The van der Waals surface area contributed by atoms with E-state index in [1.165, 1.54) is 38.5 Å². The summed E-state index contributed by atoms with van der Waals surface area (Å²) < 4.78 is 5.70. The van der Waals surface area contributed by atoms with Gasteiger partial charge < -0.3 is 4.74 Å². The first-order chi connectivity index (χ1) is 15.5. The Kier molecular flexibility index (Phi) is 18.0. The van der Waals surface area contributed by atoms with Crippen LogP contribution < -0.4 is 4.74 Å². The fourth-order valence-electron chi connectivity index (χ4n) is 2.84. The summed E-state index contributed by atoms with van der Waals surface area (Å²) in [6.45, 7) is 0.694. The molecule has 0 heterocycles. The van der Waals surface area contributed by atoms with E-state index in [9.17, 15) is 4.79 Å². The number of ketones is 1. The molecular weight excluding hydrogens is 643 g/mol. The van der Waals surface area contributed by atoms with Crippen LogP contribution >= 0.6 is 71.0 Å². The fraction of sp³-hybridized carbons (Fsp3) is 0.480. The Morgan fingerprint density at radius 3 is 1.59 bits per heavy atom. The minimum atomic E-state index is -0.110. The highest BCUT2D eigenvalue weighted by Gasteiger charge is 2.11. The molecule has 0 amide bonds. The first kappa shape index (κ1) is 30.0. The highest BCUT2D eigenvalue weighted by atomic mass is 79.9. The van der Waals surface area contributed by atoms with Crippen LogP contribution in [0.3, 0.4) is 0 Å². The van der Waals surface area contributed by atoms with Crippen molar-refractivity contribution in [2.75, 3.05) is 22.6 Å². The number of halogens is 5. The average Bonchev–Trinajstić information content (AvgIpc) is 2.79. The molecule has 0 saturated carbocycles. The third-order valence-corrected chi connectivity index (χ3v) is 6.67. The lowest BCUT2D eigenvalue weighted by atomic mass is 10.0. The van der Waals surface area contributed by atoms with Gasteiger partial charge in [0.25, 0.3) is 0 Å². The second-order valence-corrected chi connectivity index (χ2v) is 10.5. The Morgan fingerprint density at radius 1 is 0.656 bits per heavy atom. The Morgan fingerprint density at radius 2 is 1.12 bits per heavy atom. The lowest BCUT2D eigenvalue weighted by molar-refractivity contribution is 0.103. The van der Waals surface area contributed by atoms with Crippen molar-refractivity contribution in [1.29, 1.82) is 0 Å². The van der Waals surface area contributed by atoms with Gasteiger partial charge >= 0.3 is 0 Å². The van der Waals surface area contributed by atoms with Crippen LogP contribution in [0, 0.1) is 0 Å². The minimum absolute atomic E-state index is 0.110. The van der Waals surface area contributed by atoms with E-state index in [4.69, 9.17) is 27.9 Å². The number of unbranched alkanes of at least 4 members (excludes halogenated alkanes) is 6. The molecule has 0 spiro atoms. The summed E-state index contributed by atoms with van der Waals surface area (Å²) >= 11 is 22.1. The van der Waals surface area contributed by atoms with Gasteiger partial charge in [-0.25, -0.2) is 0 Å². The van der Waals surface area contributed by atoms with E-state index >= 15 is 0 Å². The molecule has 2 aromatic carbocycles. The van der Waals surface area contributed by atoms with E-state index in [1.807, 2.05) is 12.1 Å². The predicted octanol–water partition coefficient (Wildman–Crippen LogP) is 9.90. The molecule has 2 nitrogen and oxygen atoms in total. The summed E-state index contributed by atoms with van der Waals surface area (Å²) in [5, 5.41) is 4.28. The van der Waals surface area contributed by atoms with E-state index in [1.54, 1.807) is 30.3 Å². The van der Waals surface area contributed by atoms with Gasteiger partial charge in [-0.3, -0.25) is 4.79 Å². The number of carbonyl (C=O) groups is 1. The molecule has 0 unspecified atom stereocenters. The van der Waals surface area contributed by atoms with Crippen LogP contribution in [-0.4, -0.2) is 28.4 Å². The molecule has 0 N–H and O–H groups in total. The second kappa shape index (κ2) is 19.3. The van der Waals surface area contributed by atoms with E-state index in [0.717, 1.165) is 34.6 Å². The Hall–Kier alpha value is -0.0700. The van der Waals surface area contributed by atoms with Crippen LogP contribution in [0.4, 0.5) is 0 Å². The maximum Gasteiger partial charge on any atom is 0.193 e. The maximum absolute atomic E-state index is 12.5. The van der Waals surface area contributed by atoms with Crippen molar-refractivity contribution in [3.05, 3.63) is 63.6 Å². The summed E-state index contributed by atoms with van der Waals surface area (Å²) in [6.07, 6.45) is 10.0. The van der Waals surface area contributed by atoms with Crippen molar-refractivity contribution in [2.24, 2.45) is 0 Å². The second-order valence-electron chi connectivity index (χ2n) is 7.26. The SMILES string of the molecule is BrCCCCCCBr.O=C(c1ccc(OCCCCCCBr)cc1)c1cc(Cl)cc(Cl)c1. The number of hydrogen-bond acceptors (Lipinski definition) is 2. The van der Waals surface area contributed by atoms with Gasteiger partial charge in [-0.15, -0.1) is 0 Å². The quantitative estimate of drug-likeness (QED) is 0.113. The van der Waals surface area contributed by atoms with Crippen molar-refractivity contribution in [1.82, 2.24) is 0 Å². The van der Waals surface area contributed by atoms with Crippen LogP contribution in [0.5, 0.6) is 5.75 Å². The molecule has 0 atom stereocenters. The highest BCUT2D eigenvalue weighted by molar-refractivity contribution is 9.09. The largest absolute Gasteiger partial charge is 0.494 e. The Bertz CT molecular complexity index is 744. The normalized spacial score (nSPS) is 10.4. The average molecular weight is 674 g/mol. The van der Waals surface area contributed by atoms with E-state index in [-0.39, 0.29) is 5.78 Å². The molecular formula is C25H31Br3Cl2O2. The summed E-state index contributed by atoms with van der Waals surface area (Å²) in [4.78, 5) is 12.5. The minimum Gasteiger partial charge on any atom is -0.494 e. The maximum atomic E-state index is 12.5.